The first-order valence-corrected chi connectivity index (χ1v) is 6.38. The fourth-order valence-electron chi connectivity index (χ4n) is 1.91. The molecular formula is C15H14ClNO2. The van der Waals surface area contributed by atoms with E-state index >= 15 is 0 Å². The van der Waals surface area contributed by atoms with Crippen molar-refractivity contribution in [3.8, 4) is 0 Å². The molecule has 98 valence electrons. The lowest BCUT2D eigenvalue weighted by Gasteiger charge is -1.87. The molecule has 0 radical (unpaired) electrons. The number of rotatable bonds is 1. The van der Waals surface area contributed by atoms with E-state index in [1.807, 2.05) is 0 Å². The summed E-state index contributed by atoms with van der Waals surface area (Å²) in [6.45, 7) is 2.04. The van der Waals surface area contributed by atoms with Gasteiger partial charge < -0.3 is 9.72 Å². The Morgan fingerprint density at radius 2 is 1.53 bits per heavy atom. The minimum Gasteiger partial charge on any atom is -0.454 e. The van der Waals surface area contributed by atoms with Crippen LogP contribution in [-0.4, -0.2) is 17.0 Å². The first kappa shape index (κ1) is 13.4. The highest BCUT2D eigenvalue weighted by Crippen LogP contribution is 2.24. The molecule has 0 aliphatic carbocycles. The Labute approximate surface area is 116 Å². The molecule has 0 atom stereocenters. The normalized spacial score (nSPS) is 10.0. The average Bonchev–Trinajstić information content (AvgIpc) is 2.78. The first-order chi connectivity index (χ1) is 9.22. The zero-order valence-electron chi connectivity index (χ0n) is 10.5. The molecular weight excluding hydrogens is 262 g/mol. The number of carbonyl (C=O) groups excluding carboxylic acids is 1. The summed E-state index contributed by atoms with van der Waals surface area (Å²) in [7, 11) is 0. The highest BCUT2D eigenvalue weighted by molar-refractivity contribution is 6.61. The smallest absolute Gasteiger partial charge is 0.403 e. The van der Waals surface area contributed by atoms with Crippen LogP contribution in [0.25, 0.3) is 21.8 Å². The lowest BCUT2D eigenvalue weighted by Crippen LogP contribution is -1.89. The molecule has 19 heavy (non-hydrogen) atoms. The maximum Gasteiger partial charge on any atom is 0.403 e. The lowest BCUT2D eigenvalue weighted by atomic mass is 10.2. The Balaban J connectivity index is 0.000000192. The highest BCUT2D eigenvalue weighted by atomic mass is 35.5. The minimum atomic E-state index is -0.738. The zero-order valence-corrected chi connectivity index (χ0v) is 11.3. The molecule has 0 fully saturated rings. The largest absolute Gasteiger partial charge is 0.454 e. The monoisotopic (exact) mass is 275 g/mol. The maximum atomic E-state index is 9.59. The topological polar surface area (TPSA) is 42.1 Å². The second kappa shape index (κ2) is 6.25. The van der Waals surface area contributed by atoms with Gasteiger partial charge in [-0.15, -0.1) is 0 Å². The third kappa shape index (κ3) is 3.26. The van der Waals surface area contributed by atoms with Crippen LogP contribution >= 0.6 is 11.6 Å². The van der Waals surface area contributed by atoms with Crippen LogP contribution < -0.4 is 0 Å². The molecule has 0 aliphatic heterocycles. The van der Waals surface area contributed by atoms with Crippen molar-refractivity contribution in [2.24, 2.45) is 0 Å². The predicted octanol–water partition coefficient (Wildman–Crippen LogP) is 4.70. The quantitative estimate of drug-likeness (QED) is 0.654. The van der Waals surface area contributed by atoms with Crippen molar-refractivity contribution in [3.05, 3.63) is 48.5 Å². The number of fused-ring (bicyclic) bond motifs is 3. The van der Waals surface area contributed by atoms with Gasteiger partial charge in [0, 0.05) is 33.4 Å². The van der Waals surface area contributed by atoms with E-state index in [4.69, 9.17) is 11.6 Å². The van der Waals surface area contributed by atoms with Crippen molar-refractivity contribution in [2.45, 2.75) is 6.92 Å². The standard InChI is InChI=1S/C12H9N.C3H5ClO2/c1-3-7-11-9(5-1)10-6-2-4-8-12(10)13-11;1-2-6-3(4)5/h1-8,13H;2H2,1H3. The molecule has 0 aliphatic rings. The molecule has 3 aromatic rings. The second-order valence-corrected chi connectivity index (χ2v) is 4.20. The summed E-state index contributed by atoms with van der Waals surface area (Å²) >= 11 is 4.72. The summed E-state index contributed by atoms with van der Waals surface area (Å²) in [5.74, 6) is 0. The summed E-state index contributed by atoms with van der Waals surface area (Å²) < 4.78 is 4.17. The van der Waals surface area contributed by atoms with Crippen LogP contribution in [0, 0.1) is 0 Å². The van der Waals surface area contributed by atoms with Gasteiger partial charge in [0.1, 0.15) is 0 Å². The van der Waals surface area contributed by atoms with Crippen LogP contribution in [0.15, 0.2) is 48.5 Å². The number of ether oxygens (including phenoxy) is 1. The summed E-state index contributed by atoms with van der Waals surface area (Å²) in [4.78, 5) is 13.0. The molecule has 0 amide bonds. The van der Waals surface area contributed by atoms with Gasteiger partial charge in [-0.3, -0.25) is 0 Å². The van der Waals surface area contributed by atoms with Gasteiger partial charge in [-0.2, -0.15) is 0 Å². The van der Waals surface area contributed by atoms with Crippen LogP contribution in [0.2, 0.25) is 0 Å². The number of halogens is 1. The fraction of sp³-hybridized carbons (Fsp3) is 0.133. The predicted molar refractivity (Wildman–Crippen MR) is 78.7 cm³/mol. The summed E-state index contributed by atoms with van der Waals surface area (Å²) in [5.41, 5.74) is 1.69. The molecule has 3 rings (SSSR count). The van der Waals surface area contributed by atoms with Crippen molar-refractivity contribution in [2.75, 3.05) is 6.61 Å². The van der Waals surface area contributed by atoms with Crippen LogP contribution in [0.5, 0.6) is 0 Å². The third-order valence-corrected chi connectivity index (χ3v) is 2.78. The van der Waals surface area contributed by atoms with Gasteiger partial charge in [0.25, 0.3) is 0 Å². The number of aromatic nitrogens is 1. The SMILES string of the molecule is CCOC(=O)Cl.c1ccc2c(c1)[nH]c1ccccc12. The Hall–Kier alpha value is -2.00. The van der Waals surface area contributed by atoms with Crippen LogP contribution in [0.3, 0.4) is 0 Å². The second-order valence-electron chi connectivity index (χ2n) is 3.89. The Morgan fingerprint density at radius 3 is 1.89 bits per heavy atom. The van der Waals surface area contributed by atoms with E-state index in [1.54, 1.807) is 6.92 Å². The Bertz CT molecular complexity index is 640. The van der Waals surface area contributed by atoms with Gasteiger partial charge in [-0.25, -0.2) is 4.79 Å². The van der Waals surface area contributed by atoms with Crippen LogP contribution in [0.1, 0.15) is 6.92 Å². The molecule has 0 saturated carbocycles. The molecule has 0 spiro atoms. The molecule has 0 unspecified atom stereocenters. The van der Waals surface area contributed by atoms with Crippen molar-refractivity contribution in [1.29, 1.82) is 0 Å². The molecule has 3 nitrogen and oxygen atoms in total. The third-order valence-electron chi connectivity index (χ3n) is 2.67. The number of nitrogens with one attached hydrogen (secondary N) is 1. The number of carbonyl (C=O) groups is 1. The fourth-order valence-corrected chi connectivity index (χ4v) is 2.02. The van der Waals surface area contributed by atoms with E-state index < -0.39 is 5.43 Å². The van der Waals surface area contributed by atoms with Gasteiger partial charge in [0.15, 0.2) is 0 Å². The number of aromatic amines is 1. The Morgan fingerprint density at radius 1 is 1.05 bits per heavy atom. The molecule has 0 bridgehead atoms. The minimum absolute atomic E-state index is 0.350. The summed E-state index contributed by atoms with van der Waals surface area (Å²) in [6.07, 6.45) is 0. The molecule has 2 aromatic carbocycles. The van der Waals surface area contributed by atoms with Crippen molar-refractivity contribution in [1.82, 2.24) is 4.98 Å². The summed E-state index contributed by atoms with van der Waals surface area (Å²) in [6, 6.07) is 16.8. The summed E-state index contributed by atoms with van der Waals surface area (Å²) in [5, 5.41) is 2.61. The number of H-pyrrole nitrogens is 1. The van der Waals surface area contributed by atoms with Gasteiger partial charge >= 0.3 is 5.43 Å². The Kier molecular flexibility index (Phi) is 4.42. The van der Waals surface area contributed by atoms with E-state index in [1.165, 1.54) is 21.8 Å². The van der Waals surface area contributed by atoms with Crippen LogP contribution in [0.4, 0.5) is 4.79 Å². The number of para-hydroxylation sites is 2. The first-order valence-electron chi connectivity index (χ1n) is 6.00. The van der Waals surface area contributed by atoms with E-state index in [0.29, 0.717) is 6.61 Å². The number of hydrogen-bond acceptors (Lipinski definition) is 2. The van der Waals surface area contributed by atoms with Crippen LogP contribution in [-0.2, 0) is 4.74 Å². The number of benzene rings is 2. The van der Waals surface area contributed by atoms with E-state index in [-0.39, 0.29) is 0 Å². The molecule has 4 heteroatoms. The van der Waals surface area contributed by atoms with Gasteiger partial charge in [0.2, 0.25) is 0 Å². The molecule has 1 N–H and O–H groups in total. The average molecular weight is 276 g/mol. The number of hydrogen-bond donors (Lipinski definition) is 1. The molecule has 1 aromatic heterocycles. The van der Waals surface area contributed by atoms with E-state index in [9.17, 15) is 4.79 Å². The van der Waals surface area contributed by atoms with Crippen molar-refractivity contribution in [3.63, 3.8) is 0 Å². The van der Waals surface area contributed by atoms with Gasteiger partial charge in [-0.05, 0) is 19.1 Å². The molecule has 0 saturated heterocycles. The van der Waals surface area contributed by atoms with Crippen molar-refractivity contribution < 1.29 is 9.53 Å². The highest BCUT2D eigenvalue weighted by Gasteiger charge is 2.00. The van der Waals surface area contributed by atoms with E-state index in [2.05, 4.69) is 58.3 Å². The molecule has 1 heterocycles. The zero-order chi connectivity index (χ0) is 13.7. The van der Waals surface area contributed by atoms with Gasteiger partial charge in [-0.1, -0.05) is 36.4 Å². The van der Waals surface area contributed by atoms with Crippen molar-refractivity contribution >= 4 is 38.8 Å². The maximum absolute atomic E-state index is 9.59. The van der Waals surface area contributed by atoms with Gasteiger partial charge in [0.05, 0.1) is 6.61 Å². The lowest BCUT2D eigenvalue weighted by molar-refractivity contribution is 0.180. The van der Waals surface area contributed by atoms with E-state index in [0.717, 1.165) is 0 Å².